The van der Waals surface area contributed by atoms with Gasteiger partial charge in [0, 0.05) is 17.2 Å². The minimum absolute atomic E-state index is 0.250. The van der Waals surface area contributed by atoms with Gasteiger partial charge in [-0.25, -0.2) is 14.6 Å². The van der Waals surface area contributed by atoms with Crippen molar-refractivity contribution >= 4 is 23.8 Å². The average molecular weight is 730 g/mol. The zero-order valence-electron chi connectivity index (χ0n) is 31.0. The molecular formula is C43H47N5O6. The van der Waals surface area contributed by atoms with E-state index in [1.165, 1.54) is 7.11 Å². The highest BCUT2D eigenvalue weighted by Crippen LogP contribution is 2.32. The Hall–Kier alpha value is -5.94. The predicted molar refractivity (Wildman–Crippen MR) is 207 cm³/mol. The number of morpholine rings is 1. The third-order valence-electron chi connectivity index (χ3n) is 9.30. The van der Waals surface area contributed by atoms with Crippen molar-refractivity contribution in [2.45, 2.75) is 63.3 Å². The fourth-order valence-corrected chi connectivity index (χ4v) is 6.69. The molecule has 4 aromatic carbocycles. The van der Waals surface area contributed by atoms with Crippen molar-refractivity contribution in [3.63, 3.8) is 0 Å². The summed E-state index contributed by atoms with van der Waals surface area (Å²) in [6.45, 7) is 6.09. The molecule has 280 valence electrons. The maximum atomic E-state index is 14.2. The molecule has 0 radical (unpaired) electrons. The van der Waals surface area contributed by atoms with Crippen LogP contribution in [0.5, 0.6) is 0 Å². The molecule has 1 saturated heterocycles. The number of methoxy groups -OCH3 is 1. The molecular weight excluding hydrogens is 683 g/mol. The second-order valence-corrected chi connectivity index (χ2v) is 14.3. The topological polar surface area (TPSA) is 135 Å². The number of para-hydroxylation sites is 1. The normalized spacial score (nSPS) is 16.4. The molecule has 5 aromatic rings. The van der Waals surface area contributed by atoms with E-state index in [4.69, 9.17) is 14.2 Å². The molecule has 0 saturated carbocycles. The first-order valence-corrected chi connectivity index (χ1v) is 18.1. The smallest absolute Gasteiger partial charge is 0.411 e. The number of alkyl carbamates (subject to hydrolysis) is 1. The van der Waals surface area contributed by atoms with Gasteiger partial charge in [0.25, 0.3) is 0 Å². The van der Waals surface area contributed by atoms with Crippen molar-refractivity contribution in [2.75, 3.05) is 25.6 Å². The highest BCUT2D eigenvalue weighted by Gasteiger charge is 2.37. The van der Waals surface area contributed by atoms with Crippen molar-refractivity contribution in [2.24, 2.45) is 0 Å². The molecule has 1 aromatic heterocycles. The number of hydrogen-bond donors (Lipinski definition) is 3. The summed E-state index contributed by atoms with van der Waals surface area (Å²) in [5.74, 6) is -0.189. The first-order chi connectivity index (χ1) is 26.1. The summed E-state index contributed by atoms with van der Waals surface area (Å²) in [4.78, 5) is 50.2. The first-order valence-electron chi connectivity index (χ1n) is 18.1. The van der Waals surface area contributed by atoms with Crippen LogP contribution in [-0.4, -0.2) is 71.0 Å². The Bertz CT molecular complexity index is 1960. The van der Waals surface area contributed by atoms with Crippen LogP contribution in [-0.2, 0) is 25.4 Å². The number of nitrogens with zero attached hydrogens (tertiary/aromatic N) is 2. The Kier molecular flexibility index (Phi) is 12.1. The van der Waals surface area contributed by atoms with Crippen LogP contribution >= 0.6 is 0 Å². The average Bonchev–Trinajstić information content (AvgIpc) is 3.68. The summed E-state index contributed by atoms with van der Waals surface area (Å²) >= 11 is 0. The molecule has 3 atom stereocenters. The van der Waals surface area contributed by atoms with Crippen LogP contribution in [0.3, 0.4) is 0 Å². The molecule has 1 aliphatic rings. The molecule has 11 heteroatoms. The van der Waals surface area contributed by atoms with Crippen molar-refractivity contribution in [1.82, 2.24) is 20.2 Å². The molecule has 0 aliphatic carbocycles. The van der Waals surface area contributed by atoms with E-state index >= 15 is 0 Å². The van der Waals surface area contributed by atoms with Gasteiger partial charge in [0.15, 0.2) is 0 Å². The summed E-state index contributed by atoms with van der Waals surface area (Å²) in [5.41, 5.74) is 4.24. The Morgan fingerprint density at radius 1 is 0.889 bits per heavy atom. The lowest BCUT2D eigenvalue weighted by Crippen LogP contribution is -2.49. The number of H-pyrrole nitrogens is 1. The van der Waals surface area contributed by atoms with Crippen molar-refractivity contribution in [3.05, 3.63) is 144 Å². The second-order valence-electron chi connectivity index (χ2n) is 14.3. The molecule has 11 nitrogen and oxygen atoms in total. The number of ether oxygens (including phenoxy) is 3. The number of aromatic nitrogens is 2. The van der Waals surface area contributed by atoms with Crippen molar-refractivity contribution in [1.29, 1.82) is 0 Å². The fourth-order valence-electron chi connectivity index (χ4n) is 6.69. The van der Waals surface area contributed by atoms with Crippen molar-refractivity contribution < 1.29 is 28.6 Å². The van der Waals surface area contributed by atoms with Crippen LogP contribution in [0.15, 0.2) is 121 Å². The maximum Gasteiger partial charge on any atom is 0.411 e. The number of anilines is 1. The lowest BCUT2D eigenvalue weighted by Gasteiger charge is -2.39. The van der Waals surface area contributed by atoms with Gasteiger partial charge in [-0.3, -0.25) is 9.69 Å². The van der Waals surface area contributed by atoms with Crippen LogP contribution < -0.4 is 10.6 Å². The van der Waals surface area contributed by atoms with Gasteiger partial charge in [-0.1, -0.05) is 109 Å². The van der Waals surface area contributed by atoms with Crippen LogP contribution in [0.2, 0.25) is 0 Å². The number of carbonyl (C=O) groups excluding carboxylic acids is 3. The van der Waals surface area contributed by atoms with Gasteiger partial charge in [0.05, 0.1) is 38.3 Å². The van der Waals surface area contributed by atoms with Gasteiger partial charge in [-0.05, 0) is 56.4 Å². The largest absolute Gasteiger partial charge is 0.453 e. The number of benzene rings is 4. The number of rotatable bonds is 11. The van der Waals surface area contributed by atoms with Gasteiger partial charge in [-0.15, -0.1) is 0 Å². The molecule has 3 N–H and O–H groups in total. The maximum absolute atomic E-state index is 14.2. The number of aromatic amines is 1. The number of carbonyl (C=O) groups is 3. The van der Waals surface area contributed by atoms with Gasteiger partial charge in [0.2, 0.25) is 5.91 Å². The van der Waals surface area contributed by atoms with Gasteiger partial charge < -0.3 is 29.8 Å². The van der Waals surface area contributed by atoms with E-state index in [0.29, 0.717) is 30.9 Å². The predicted octanol–water partition coefficient (Wildman–Crippen LogP) is 7.88. The van der Waals surface area contributed by atoms with E-state index < -0.39 is 41.7 Å². The zero-order valence-corrected chi connectivity index (χ0v) is 31.0. The molecule has 54 heavy (non-hydrogen) atoms. The molecule has 0 unspecified atom stereocenters. The summed E-state index contributed by atoms with van der Waals surface area (Å²) in [7, 11) is 1.27. The monoisotopic (exact) mass is 729 g/mol. The minimum Gasteiger partial charge on any atom is -0.453 e. The molecule has 0 spiro atoms. The number of aryl methyl sites for hydroxylation is 1. The third kappa shape index (κ3) is 9.53. The Labute approximate surface area is 316 Å². The molecule has 0 bridgehead atoms. The fraction of sp³-hybridized carbons (Fsp3) is 0.302. The summed E-state index contributed by atoms with van der Waals surface area (Å²) in [6.07, 6.45) is 1.41. The Morgan fingerprint density at radius 3 is 2.13 bits per heavy atom. The van der Waals surface area contributed by atoms with Crippen LogP contribution in [0.25, 0.3) is 11.4 Å². The third-order valence-corrected chi connectivity index (χ3v) is 9.30. The number of hydrogen-bond acceptors (Lipinski definition) is 7. The highest BCUT2D eigenvalue weighted by molar-refractivity contribution is 5.98. The standard InChI is InChI=1S/C43H47N5O6/c1-43(2,3)54-42(51)48-27-33(53-28-36(48)35-26-44-39(45-35)32-21-12-7-13-22-32)25-24-29-16-14-15-23-34(29)46-40(49)38(47-41(50)52-4)37(30-17-8-5-9-18-30)31-19-10-6-11-20-31/h5-23,26,33,36-38H,24-25,27-28H2,1-4H3,(H,44,45)(H,46,49)(H,47,50)/t33-,36+,38+/m1/s1. The van der Waals surface area contributed by atoms with E-state index in [1.54, 1.807) is 11.1 Å². The minimum atomic E-state index is -0.999. The zero-order chi connectivity index (χ0) is 38.1. The van der Waals surface area contributed by atoms with E-state index in [1.807, 2.05) is 136 Å². The summed E-state index contributed by atoms with van der Waals surface area (Å²) < 4.78 is 17.2. The van der Waals surface area contributed by atoms with Gasteiger partial charge in [-0.2, -0.15) is 0 Å². The highest BCUT2D eigenvalue weighted by atomic mass is 16.6. The number of amides is 3. The summed E-state index contributed by atoms with van der Waals surface area (Å²) in [6, 6.07) is 35.2. The van der Waals surface area contributed by atoms with Crippen molar-refractivity contribution in [3.8, 4) is 11.4 Å². The summed E-state index contributed by atoms with van der Waals surface area (Å²) in [5, 5.41) is 5.90. The van der Waals surface area contributed by atoms with E-state index in [0.717, 1.165) is 27.9 Å². The van der Waals surface area contributed by atoms with Crippen LogP contribution in [0.1, 0.15) is 61.5 Å². The van der Waals surface area contributed by atoms with E-state index in [9.17, 15) is 14.4 Å². The lowest BCUT2D eigenvalue weighted by atomic mass is 9.84. The molecule has 3 amide bonds. The van der Waals surface area contributed by atoms with E-state index in [-0.39, 0.29) is 12.7 Å². The van der Waals surface area contributed by atoms with Gasteiger partial charge >= 0.3 is 12.2 Å². The molecule has 1 fully saturated rings. The number of nitrogens with one attached hydrogen (secondary N) is 3. The molecule has 2 heterocycles. The molecule has 6 rings (SSSR count). The first kappa shape index (κ1) is 37.8. The Morgan fingerprint density at radius 2 is 1.50 bits per heavy atom. The van der Waals surface area contributed by atoms with Crippen LogP contribution in [0.4, 0.5) is 15.3 Å². The quantitative estimate of drug-likeness (QED) is 0.126. The Balaban J connectivity index is 1.19. The van der Waals surface area contributed by atoms with Gasteiger partial charge in [0.1, 0.15) is 23.5 Å². The molecule has 1 aliphatic heterocycles. The number of imidazole rings is 1. The van der Waals surface area contributed by atoms with Crippen LogP contribution in [0, 0.1) is 0 Å². The lowest BCUT2D eigenvalue weighted by molar-refractivity contribution is -0.118. The second kappa shape index (κ2) is 17.3. The SMILES string of the molecule is COC(=O)N[C@H](C(=O)Nc1ccccc1CC[C@@H]1CN(C(=O)OC(C)(C)C)[C@H](c2cnc(-c3ccccc3)[nH]2)CO1)C(c1ccccc1)c1ccccc1. The van der Waals surface area contributed by atoms with E-state index in [2.05, 4.69) is 20.6 Å².